The van der Waals surface area contributed by atoms with E-state index in [0.29, 0.717) is 0 Å². The Morgan fingerprint density at radius 1 is 0.710 bits per heavy atom. The molecule has 1 radical (unpaired) electrons. The number of rotatable bonds is 2. The van der Waals surface area contributed by atoms with E-state index in [9.17, 15) is 17.3 Å². The fraction of sp³-hybridized carbons (Fsp3) is 0.421. The van der Waals surface area contributed by atoms with E-state index in [-0.39, 0.29) is 40.3 Å². The van der Waals surface area contributed by atoms with Crippen molar-refractivity contribution < 1.29 is 46.7 Å². The Balaban J connectivity index is 0.00000116. The monoisotopic (exact) mass is 508 g/mol. The van der Waals surface area contributed by atoms with E-state index < -0.39 is 7.25 Å². The second-order valence-electron chi connectivity index (χ2n) is 8.64. The van der Waals surface area contributed by atoms with Gasteiger partial charge in [-0.1, -0.05) is 47.6 Å². The van der Waals surface area contributed by atoms with E-state index in [1.165, 1.54) is 0 Å². The second-order valence-corrected chi connectivity index (χ2v) is 8.64. The van der Waals surface area contributed by atoms with Gasteiger partial charge in [0, 0.05) is 23.2 Å². The molecule has 0 unspecified atom stereocenters. The van der Waals surface area contributed by atoms with Gasteiger partial charge in [-0.15, -0.1) is 0 Å². The summed E-state index contributed by atoms with van der Waals surface area (Å²) in [5.41, 5.74) is 2.13. The van der Waals surface area contributed by atoms with E-state index in [2.05, 4.69) is 51.7 Å². The molecule has 3 aromatic heterocycles. The number of hydrogen-bond acceptors (Lipinski definition) is 3. The average molecular weight is 509 g/mol. The second kappa shape index (κ2) is 10.7. The Bertz CT molecular complexity index is 888. The third kappa shape index (κ3) is 9.05. The summed E-state index contributed by atoms with van der Waals surface area (Å²) >= 11 is 0. The summed E-state index contributed by atoms with van der Waals surface area (Å²) in [6.45, 7) is 12.9. The third-order valence-electron chi connectivity index (χ3n) is 3.90. The number of pyridine rings is 1. The first-order valence-corrected chi connectivity index (χ1v) is 9.12. The third-order valence-corrected chi connectivity index (χ3v) is 3.90. The van der Waals surface area contributed by atoms with E-state index in [0.717, 1.165) is 23.0 Å². The maximum Gasteiger partial charge on any atom is 2.00 e. The fourth-order valence-electron chi connectivity index (χ4n) is 2.37. The molecule has 0 amide bonds. The molecule has 0 spiro atoms. The van der Waals surface area contributed by atoms with Gasteiger partial charge < -0.3 is 29.7 Å². The molecule has 0 aromatic carbocycles. The van der Waals surface area contributed by atoms with Crippen LogP contribution in [0, 0.1) is 0 Å². The van der Waals surface area contributed by atoms with Crippen molar-refractivity contribution in [3.8, 4) is 11.6 Å². The van der Waals surface area contributed by atoms with Gasteiger partial charge in [-0.2, -0.15) is 10.2 Å². The molecule has 0 saturated carbocycles. The van der Waals surface area contributed by atoms with Crippen LogP contribution in [0.3, 0.4) is 0 Å². The number of nitrogens with zero attached hydrogens (tertiary/aromatic N) is 5. The molecule has 3 aromatic rings. The first kappa shape index (κ1) is 29.2. The Morgan fingerprint density at radius 3 is 1.29 bits per heavy atom. The van der Waals surface area contributed by atoms with Crippen LogP contribution in [0.5, 0.6) is 0 Å². The van der Waals surface area contributed by atoms with Crippen molar-refractivity contribution in [1.29, 1.82) is 0 Å². The molecule has 3 rings (SSSR count). The largest absolute Gasteiger partial charge is 2.00 e. The van der Waals surface area contributed by atoms with Gasteiger partial charge >= 0.3 is 24.3 Å². The van der Waals surface area contributed by atoms with Gasteiger partial charge in [0.15, 0.2) is 11.6 Å². The van der Waals surface area contributed by atoms with Gasteiger partial charge in [0.2, 0.25) is 0 Å². The maximum atomic E-state index is 9.75. The summed E-state index contributed by atoms with van der Waals surface area (Å²) in [5.74, 6) is 1.58. The van der Waals surface area contributed by atoms with Gasteiger partial charge in [-0.05, 0) is 24.3 Å². The van der Waals surface area contributed by atoms with Crippen LogP contribution in [0.15, 0.2) is 42.7 Å². The SMILES string of the molecule is CC(C)(C)c1ccn(-c2cccc(-n3ccc(C(C)(C)C)n3)n2)n1.F[B-](F)(F)F.[Cl-].[Cu+2]. The van der Waals surface area contributed by atoms with E-state index in [1.54, 1.807) is 0 Å². The van der Waals surface area contributed by atoms with Crippen molar-refractivity contribution in [1.82, 2.24) is 24.5 Å². The average Bonchev–Trinajstić information content (AvgIpc) is 3.22. The van der Waals surface area contributed by atoms with Gasteiger partial charge in [0.05, 0.1) is 11.4 Å². The molecule has 5 nitrogen and oxygen atoms in total. The summed E-state index contributed by atoms with van der Waals surface area (Å²) in [5, 5.41) is 9.31. The summed E-state index contributed by atoms with van der Waals surface area (Å²) < 4.78 is 42.6. The molecule has 3 heterocycles. The van der Waals surface area contributed by atoms with Crippen LogP contribution in [0.4, 0.5) is 17.3 Å². The quantitative estimate of drug-likeness (QED) is 0.394. The zero-order chi connectivity index (χ0) is 22.0. The summed E-state index contributed by atoms with van der Waals surface area (Å²) in [6.07, 6.45) is 3.91. The van der Waals surface area contributed by atoms with Crippen molar-refractivity contribution in [3.63, 3.8) is 0 Å². The molecular weight excluding hydrogens is 484 g/mol. The van der Waals surface area contributed by atoms with E-state index in [4.69, 9.17) is 4.98 Å². The minimum atomic E-state index is -6.00. The first-order valence-electron chi connectivity index (χ1n) is 9.12. The molecule has 0 bridgehead atoms. The zero-order valence-electron chi connectivity index (χ0n) is 18.0. The van der Waals surface area contributed by atoms with E-state index in [1.807, 2.05) is 52.1 Å². The van der Waals surface area contributed by atoms with E-state index >= 15 is 0 Å². The normalized spacial score (nSPS) is 11.7. The minimum absolute atomic E-state index is 0. The summed E-state index contributed by atoms with van der Waals surface area (Å²) in [4.78, 5) is 4.70. The predicted molar refractivity (Wildman–Crippen MR) is 106 cm³/mol. The zero-order valence-corrected chi connectivity index (χ0v) is 19.7. The van der Waals surface area contributed by atoms with Crippen molar-refractivity contribution in [3.05, 3.63) is 54.1 Å². The maximum absolute atomic E-state index is 9.75. The van der Waals surface area contributed by atoms with Crippen molar-refractivity contribution >= 4 is 7.25 Å². The molecule has 0 atom stereocenters. The van der Waals surface area contributed by atoms with Crippen molar-refractivity contribution in [2.45, 2.75) is 52.4 Å². The number of hydrogen-bond donors (Lipinski definition) is 0. The van der Waals surface area contributed by atoms with Crippen LogP contribution in [0.25, 0.3) is 11.6 Å². The van der Waals surface area contributed by atoms with Gasteiger partial charge in [-0.25, -0.2) is 14.3 Å². The van der Waals surface area contributed by atoms with Crippen molar-refractivity contribution in [2.24, 2.45) is 0 Å². The minimum Gasteiger partial charge on any atom is -1.00 e. The Hall–Kier alpha value is -1.84. The standard InChI is InChI=1S/C19H25N5.BF4.ClH.Cu/c1-18(2,3)14-10-12-23(21-14)16-8-7-9-17(20-16)24-13-11-15(22-24)19(4,5)6;2-1(3,4)5;;/h7-13H,1-6H3;;1H;/q;-1;;+2/p-1. The Morgan fingerprint density at radius 2 is 1.03 bits per heavy atom. The number of aromatic nitrogens is 5. The molecule has 31 heavy (non-hydrogen) atoms. The van der Waals surface area contributed by atoms with Crippen LogP contribution in [-0.4, -0.2) is 31.8 Å². The van der Waals surface area contributed by atoms with Crippen LogP contribution in [0.1, 0.15) is 52.9 Å². The molecule has 0 N–H and O–H groups in total. The van der Waals surface area contributed by atoms with Crippen LogP contribution >= 0.6 is 0 Å². The smallest absolute Gasteiger partial charge is 1.00 e. The summed E-state index contributed by atoms with van der Waals surface area (Å²) in [6, 6.07) is 9.97. The molecule has 0 aliphatic carbocycles. The Labute approximate surface area is 196 Å². The van der Waals surface area contributed by atoms with Crippen molar-refractivity contribution in [2.75, 3.05) is 0 Å². The summed E-state index contributed by atoms with van der Waals surface area (Å²) in [7, 11) is -6.00. The van der Waals surface area contributed by atoms with Crippen LogP contribution in [-0.2, 0) is 27.9 Å². The fourth-order valence-corrected chi connectivity index (χ4v) is 2.37. The molecule has 0 saturated heterocycles. The molecule has 0 aliphatic rings. The molecule has 175 valence electrons. The van der Waals surface area contributed by atoms with Gasteiger partial charge in [0.25, 0.3) is 0 Å². The number of halogens is 5. The Kier molecular flexibility index (Phi) is 10.0. The molecule has 0 fully saturated rings. The molecule has 12 heteroatoms. The van der Waals surface area contributed by atoms with Crippen LogP contribution < -0.4 is 12.4 Å². The van der Waals surface area contributed by atoms with Gasteiger partial charge in [-0.3, -0.25) is 0 Å². The topological polar surface area (TPSA) is 48.5 Å². The van der Waals surface area contributed by atoms with Crippen LogP contribution in [0.2, 0.25) is 0 Å². The predicted octanol–water partition coefficient (Wildman–Crippen LogP) is 2.35. The van der Waals surface area contributed by atoms with Gasteiger partial charge in [0.1, 0.15) is 0 Å². The first-order chi connectivity index (χ1) is 13.1. The molecular formula is C19H25BClCuF4N5. The molecule has 0 aliphatic heterocycles.